The van der Waals surface area contributed by atoms with Crippen LogP contribution in [0.3, 0.4) is 0 Å². The zero-order chi connectivity index (χ0) is 18.3. The van der Waals surface area contributed by atoms with Gasteiger partial charge >= 0.3 is 0 Å². The van der Waals surface area contributed by atoms with Crippen LogP contribution in [0.25, 0.3) is 0 Å². The van der Waals surface area contributed by atoms with Gasteiger partial charge in [-0.15, -0.1) is 0 Å². The van der Waals surface area contributed by atoms with Crippen LogP contribution in [0.5, 0.6) is 5.75 Å². The average Bonchev–Trinajstić information content (AvgIpc) is 3.05. The van der Waals surface area contributed by atoms with Gasteiger partial charge in [0.2, 0.25) is 0 Å². The van der Waals surface area contributed by atoms with Crippen LogP contribution in [0.2, 0.25) is 5.02 Å². The maximum Gasteiger partial charge on any atom is 0.263 e. The number of carbonyl (C=O) groups excluding carboxylic acids is 1. The molecular formula is C21H22ClNO3. The third kappa shape index (κ3) is 3.19. The number of carbonyl (C=O) groups is 1. The minimum absolute atomic E-state index is 0.0105. The van der Waals surface area contributed by atoms with Crippen molar-refractivity contribution in [1.29, 1.82) is 0 Å². The molecule has 1 atom stereocenters. The molecule has 1 fully saturated rings. The van der Waals surface area contributed by atoms with E-state index in [1.54, 1.807) is 6.07 Å². The second-order valence-electron chi connectivity index (χ2n) is 7.29. The molecule has 2 aliphatic rings. The molecule has 26 heavy (non-hydrogen) atoms. The predicted octanol–water partition coefficient (Wildman–Crippen LogP) is 3.46. The van der Waals surface area contributed by atoms with E-state index in [4.69, 9.17) is 16.3 Å². The molecule has 5 heteroatoms. The minimum Gasteiger partial charge on any atom is -0.480 e. The number of benzene rings is 2. The van der Waals surface area contributed by atoms with Crippen molar-refractivity contribution in [3.8, 4) is 5.75 Å². The SMILES string of the molecule is Cc1cccc(C2(O)CCN(C(=O)[C@H]3Cc4cc(Cl)ccc4O3)CC2)c1. The number of hydrogen-bond donors (Lipinski definition) is 1. The third-order valence-corrected chi connectivity index (χ3v) is 5.67. The standard InChI is InChI=1S/C21H22ClNO3/c1-14-3-2-4-16(11-14)21(25)7-9-23(10-8-21)20(24)19-13-15-12-17(22)5-6-18(15)26-19/h2-6,11-12,19,25H,7-10,13H2,1H3/t19-/m1/s1. The van der Waals surface area contributed by atoms with Gasteiger partial charge in [0.1, 0.15) is 5.75 Å². The third-order valence-electron chi connectivity index (χ3n) is 5.43. The molecule has 1 N–H and O–H groups in total. The highest BCUT2D eigenvalue weighted by Gasteiger charge is 2.39. The van der Waals surface area contributed by atoms with E-state index < -0.39 is 11.7 Å². The minimum atomic E-state index is -0.865. The van der Waals surface area contributed by atoms with Gasteiger partial charge in [0, 0.05) is 24.5 Å². The summed E-state index contributed by atoms with van der Waals surface area (Å²) in [6, 6.07) is 13.4. The Morgan fingerprint density at radius 3 is 2.73 bits per heavy atom. The van der Waals surface area contributed by atoms with Gasteiger partial charge < -0.3 is 14.7 Å². The largest absolute Gasteiger partial charge is 0.480 e. The Kier molecular flexibility index (Phi) is 4.41. The number of ether oxygens (including phenoxy) is 1. The lowest BCUT2D eigenvalue weighted by atomic mass is 9.83. The van der Waals surface area contributed by atoms with Crippen LogP contribution in [-0.2, 0) is 16.8 Å². The summed E-state index contributed by atoms with van der Waals surface area (Å²) in [6.45, 7) is 3.08. The molecule has 0 aliphatic carbocycles. The fourth-order valence-electron chi connectivity index (χ4n) is 3.88. The number of likely N-dealkylation sites (tertiary alicyclic amines) is 1. The summed E-state index contributed by atoms with van der Waals surface area (Å²) < 4.78 is 5.82. The van der Waals surface area contributed by atoms with Crippen molar-refractivity contribution in [2.24, 2.45) is 0 Å². The van der Waals surface area contributed by atoms with Gasteiger partial charge in [-0.2, -0.15) is 0 Å². The van der Waals surface area contributed by atoms with Crippen molar-refractivity contribution in [3.63, 3.8) is 0 Å². The number of aryl methyl sites for hydroxylation is 1. The summed E-state index contributed by atoms with van der Waals surface area (Å²) in [4.78, 5) is 14.6. The van der Waals surface area contributed by atoms with Crippen LogP contribution in [0.15, 0.2) is 42.5 Å². The van der Waals surface area contributed by atoms with Crippen molar-refractivity contribution >= 4 is 17.5 Å². The number of hydrogen-bond acceptors (Lipinski definition) is 3. The topological polar surface area (TPSA) is 49.8 Å². The first-order valence-corrected chi connectivity index (χ1v) is 9.36. The van der Waals surface area contributed by atoms with Crippen molar-refractivity contribution in [2.75, 3.05) is 13.1 Å². The molecule has 2 aromatic rings. The van der Waals surface area contributed by atoms with Crippen LogP contribution in [0.1, 0.15) is 29.5 Å². The van der Waals surface area contributed by atoms with Crippen molar-refractivity contribution in [2.45, 2.75) is 37.9 Å². The average molecular weight is 372 g/mol. The molecule has 1 amide bonds. The molecule has 2 heterocycles. The summed E-state index contributed by atoms with van der Waals surface area (Å²) in [6.07, 6.45) is 1.13. The molecule has 0 spiro atoms. The fraction of sp³-hybridized carbons (Fsp3) is 0.381. The van der Waals surface area contributed by atoms with Gasteiger partial charge in [-0.1, -0.05) is 41.4 Å². The number of piperidine rings is 1. The number of rotatable bonds is 2. The maximum atomic E-state index is 12.8. The fourth-order valence-corrected chi connectivity index (χ4v) is 4.07. The molecule has 0 aromatic heterocycles. The first kappa shape index (κ1) is 17.4. The van der Waals surface area contributed by atoms with Gasteiger partial charge in [0.25, 0.3) is 5.91 Å². The van der Waals surface area contributed by atoms with Crippen molar-refractivity contribution in [1.82, 2.24) is 4.90 Å². The molecule has 0 unspecified atom stereocenters. The highest BCUT2D eigenvalue weighted by atomic mass is 35.5. The van der Waals surface area contributed by atoms with E-state index >= 15 is 0 Å². The number of nitrogens with zero attached hydrogens (tertiary/aromatic N) is 1. The zero-order valence-corrected chi connectivity index (χ0v) is 15.5. The number of amides is 1. The van der Waals surface area contributed by atoms with Crippen LogP contribution in [0, 0.1) is 6.92 Å². The number of fused-ring (bicyclic) bond motifs is 1. The molecule has 0 saturated carbocycles. The Morgan fingerprint density at radius 1 is 1.23 bits per heavy atom. The first-order valence-electron chi connectivity index (χ1n) is 8.98. The first-order chi connectivity index (χ1) is 12.4. The van der Waals surface area contributed by atoms with Crippen LogP contribution in [-0.4, -0.2) is 35.1 Å². The van der Waals surface area contributed by atoms with Gasteiger partial charge in [0.15, 0.2) is 6.10 Å². The lowest BCUT2D eigenvalue weighted by Gasteiger charge is -2.39. The van der Waals surface area contributed by atoms with E-state index in [1.165, 1.54) is 0 Å². The van der Waals surface area contributed by atoms with Gasteiger partial charge in [-0.05, 0) is 49.1 Å². The van der Waals surface area contributed by atoms with E-state index in [-0.39, 0.29) is 5.91 Å². The second kappa shape index (κ2) is 6.60. The maximum absolute atomic E-state index is 12.8. The molecule has 0 radical (unpaired) electrons. The smallest absolute Gasteiger partial charge is 0.263 e. The second-order valence-corrected chi connectivity index (χ2v) is 7.73. The molecule has 0 bridgehead atoms. The molecular weight excluding hydrogens is 350 g/mol. The van der Waals surface area contributed by atoms with Crippen LogP contribution in [0.4, 0.5) is 0 Å². The van der Waals surface area contributed by atoms with E-state index in [9.17, 15) is 9.90 Å². The lowest BCUT2D eigenvalue weighted by molar-refractivity contribution is -0.142. The summed E-state index contributed by atoms with van der Waals surface area (Å²) in [5, 5.41) is 11.7. The van der Waals surface area contributed by atoms with Gasteiger partial charge in [-0.3, -0.25) is 4.79 Å². The van der Waals surface area contributed by atoms with Crippen LogP contribution < -0.4 is 4.74 Å². The summed E-state index contributed by atoms with van der Waals surface area (Å²) in [5.41, 5.74) is 2.17. The van der Waals surface area contributed by atoms with E-state index in [1.807, 2.05) is 48.2 Å². The predicted molar refractivity (Wildman–Crippen MR) is 100 cm³/mol. The molecule has 136 valence electrons. The van der Waals surface area contributed by atoms with Gasteiger partial charge in [-0.25, -0.2) is 0 Å². The Hall–Kier alpha value is -2.04. The Bertz CT molecular complexity index is 843. The van der Waals surface area contributed by atoms with Crippen LogP contribution >= 0.6 is 11.6 Å². The molecule has 4 nitrogen and oxygen atoms in total. The van der Waals surface area contributed by atoms with Crippen molar-refractivity contribution < 1.29 is 14.6 Å². The number of halogens is 1. The van der Waals surface area contributed by atoms with Gasteiger partial charge in [0.05, 0.1) is 5.60 Å². The van der Waals surface area contributed by atoms with Crippen molar-refractivity contribution in [3.05, 3.63) is 64.2 Å². The molecule has 4 rings (SSSR count). The number of aliphatic hydroxyl groups is 1. The zero-order valence-electron chi connectivity index (χ0n) is 14.7. The highest BCUT2D eigenvalue weighted by molar-refractivity contribution is 6.30. The Balaban J connectivity index is 1.41. The molecule has 1 saturated heterocycles. The quantitative estimate of drug-likeness (QED) is 0.879. The molecule has 2 aromatic carbocycles. The monoisotopic (exact) mass is 371 g/mol. The molecule has 2 aliphatic heterocycles. The Morgan fingerprint density at radius 2 is 2.00 bits per heavy atom. The normalized spacial score (nSPS) is 21.2. The Labute approximate surface area is 158 Å². The van der Waals surface area contributed by atoms with E-state index in [2.05, 4.69) is 0 Å². The van der Waals surface area contributed by atoms with E-state index in [0.29, 0.717) is 37.4 Å². The highest BCUT2D eigenvalue weighted by Crippen LogP contribution is 2.35. The lowest BCUT2D eigenvalue weighted by Crippen LogP contribution is -2.49. The van der Waals surface area contributed by atoms with E-state index in [0.717, 1.165) is 22.4 Å². The summed E-state index contributed by atoms with van der Waals surface area (Å²) in [5.74, 6) is 0.727. The summed E-state index contributed by atoms with van der Waals surface area (Å²) in [7, 11) is 0. The summed E-state index contributed by atoms with van der Waals surface area (Å²) >= 11 is 6.02.